The van der Waals surface area contributed by atoms with Gasteiger partial charge >= 0.3 is 0 Å². The third kappa shape index (κ3) is 3.26. The lowest BCUT2D eigenvalue weighted by molar-refractivity contribution is 0.426. The first-order chi connectivity index (χ1) is 9.13. The number of halogens is 2. The maximum Gasteiger partial charge on any atom is 0.149 e. The van der Waals surface area contributed by atoms with Gasteiger partial charge in [0, 0.05) is 18.5 Å². The summed E-state index contributed by atoms with van der Waals surface area (Å²) >= 11 is 0. The molecule has 2 unspecified atom stereocenters. The summed E-state index contributed by atoms with van der Waals surface area (Å²) in [7, 11) is 0. The van der Waals surface area contributed by atoms with Crippen LogP contribution in [0.15, 0.2) is 12.1 Å². The maximum absolute atomic E-state index is 13.6. The minimum absolute atomic E-state index is 0.238. The van der Waals surface area contributed by atoms with Crippen LogP contribution in [0.4, 0.5) is 14.5 Å². The Morgan fingerprint density at radius 2 is 2.05 bits per heavy atom. The number of rotatable bonds is 6. The van der Waals surface area contributed by atoms with E-state index in [1.165, 1.54) is 31.7 Å². The van der Waals surface area contributed by atoms with Gasteiger partial charge in [-0.25, -0.2) is 8.78 Å². The van der Waals surface area contributed by atoms with Crippen molar-refractivity contribution in [1.82, 2.24) is 0 Å². The van der Waals surface area contributed by atoms with Gasteiger partial charge in [-0.1, -0.05) is 46.0 Å². The molecule has 2 atom stereocenters. The fourth-order valence-electron chi connectivity index (χ4n) is 3.00. The Kier molecular flexibility index (Phi) is 4.78. The van der Waals surface area contributed by atoms with Crippen molar-refractivity contribution in [3.05, 3.63) is 29.3 Å². The second kappa shape index (κ2) is 6.36. The van der Waals surface area contributed by atoms with Crippen LogP contribution in [0.1, 0.15) is 57.4 Å². The first kappa shape index (κ1) is 14.3. The Morgan fingerprint density at radius 3 is 2.79 bits per heavy atom. The van der Waals surface area contributed by atoms with Crippen molar-refractivity contribution in [2.75, 3.05) is 11.9 Å². The SMILES string of the molecule is CCCCCCC(C)C1CNc2c(F)cc(F)cc21. The van der Waals surface area contributed by atoms with Crippen LogP contribution in [-0.2, 0) is 0 Å². The number of hydrogen-bond acceptors (Lipinski definition) is 1. The van der Waals surface area contributed by atoms with Gasteiger partial charge in [0.15, 0.2) is 0 Å². The molecule has 3 heteroatoms. The van der Waals surface area contributed by atoms with Crippen LogP contribution in [0.25, 0.3) is 0 Å². The number of anilines is 1. The molecule has 1 nitrogen and oxygen atoms in total. The van der Waals surface area contributed by atoms with Crippen molar-refractivity contribution in [1.29, 1.82) is 0 Å². The van der Waals surface area contributed by atoms with Gasteiger partial charge in [-0.15, -0.1) is 0 Å². The average molecular weight is 267 g/mol. The number of nitrogens with one attached hydrogen (secondary N) is 1. The molecule has 0 aromatic heterocycles. The van der Waals surface area contributed by atoms with Gasteiger partial charge in [-0.3, -0.25) is 0 Å². The molecule has 0 radical (unpaired) electrons. The first-order valence-corrected chi connectivity index (χ1v) is 7.36. The largest absolute Gasteiger partial charge is 0.382 e. The van der Waals surface area contributed by atoms with E-state index < -0.39 is 11.6 Å². The zero-order valence-corrected chi connectivity index (χ0v) is 11.8. The molecule has 0 saturated heterocycles. The van der Waals surface area contributed by atoms with Crippen molar-refractivity contribution < 1.29 is 8.78 Å². The molecule has 19 heavy (non-hydrogen) atoms. The van der Waals surface area contributed by atoms with E-state index in [2.05, 4.69) is 19.2 Å². The van der Waals surface area contributed by atoms with E-state index in [0.29, 0.717) is 11.6 Å². The predicted octanol–water partition coefficient (Wildman–Crippen LogP) is 5.08. The number of hydrogen-bond donors (Lipinski definition) is 1. The van der Waals surface area contributed by atoms with Crippen molar-refractivity contribution >= 4 is 5.69 Å². The Labute approximate surface area is 114 Å². The van der Waals surface area contributed by atoms with E-state index in [4.69, 9.17) is 0 Å². The van der Waals surface area contributed by atoms with Gasteiger partial charge < -0.3 is 5.32 Å². The fraction of sp³-hybridized carbons (Fsp3) is 0.625. The molecule has 1 aliphatic rings. The van der Waals surface area contributed by atoms with E-state index in [9.17, 15) is 8.78 Å². The zero-order chi connectivity index (χ0) is 13.8. The van der Waals surface area contributed by atoms with E-state index in [1.807, 2.05) is 0 Å². The molecule has 1 aliphatic heterocycles. The average Bonchev–Trinajstić information content (AvgIpc) is 2.78. The summed E-state index contributed by atoms with van der Waals surface area (Å²) in [6.07, 6.45) is 6.10. The van der Waals surface area contributed by atoms with E-state index >= 15 is 0 Å². The highest BCUT2D eigenvalue weighted by Gasteiger charge is 2.29. The number of benzene rings is 1. The molecule has 2 rings (SSSR count). The topological polar surface area (TPSA) is 12.0 Å². The van der Waals surface area contributed by atoms with Gasteiger partial charge in [0.05, 0.1) is 5.69 Å². The second-order valence-electron chi connectivity index (χ2n) is 5.67. The van der Waals surface area contributed by atoms with Crippen molar-refractivity contribution in [3.8, 4) is 0 Å². The molecule has 1 aromatic rings. The van der Waals surface area contributed by atoms with Gasteiger partial charge in [0.25, 0.3) is 0 Å². The lowest BCUT2D eigenvalue weighted by Gasteiger charge is -2.19. The normalized spacial score (nSPS) is 19.1. The van der Waals surface area contributed by atoms with Gasteiger partial charge in [0.2, 0.25) is 0 Å². The molecule has 1 aromatic carbocycles. The monoisotopic (exact) mass is 267 g/mol. The summed E-state index contributed by atoms with van der Waals surface area (Å²) in [6.45, 7) is 5.12. The minimum atomic E-state index is -0.469. The Morgan fingerprint density at radius 1 is 1.26 bits per heavy atom. The molecule has 0 amide bonds. The first-order valence-electron chi connectivity index (χ1n) is 7.36. The number of fused-ring (bicyclic) bond motifs is 1. The maximum atomic E-state index is 13.6. The van der Waals surface area contributed by atoms with Crippen LogP contribution in [0.3, 0.4) is 0 Å². The summed E-state index contributed by atoms with van der Waals surface area (Å²) in [6, 6.07) is 2.45. The Bertz CT molecular complexity index is 431. The summed E-state index contributed by atoms with van der Waals surface area (Å²) in [5, 5.41) is 3.09. The summed E-state index contributed by atoms with van der Waals surface area (Å²) in [5.74, 6) is -0.229. The second-order valence-corrected chi connectivity index (χ2v) is 5.67. The van der Waals surface area contributed by atoms with E-state index in [0.717, 1.165) is 24.6 Å². The minimum Gasteiger partial charge on any atom is -0.382 e. The molecule has 0 fully saturated rings. The van der Waals surface area contributed by atoms with Gasteiger partial charge in [-0.05, 0) is 17.5 Å². The van der Waals surface area contributed by atoms with Crippen LogP contribution in [0.2, 0.25) is 0 Å². The molecule has 1 N–H and O–H groups in total. The summed E-state index contributed by atoms with van der Waals surface area (Å²) in [4.78, 5) is 0. The van der Waals surface area contributed by atoms with Crippen LogP contribution in [0.5, 0.6) is 0 Å². The highest BCUT2D eigenvalue weighted by Crippen LogP contribution is 2.40. The molecule has 0 spiro atoms. The Balaban J connectivity index is 2.01. The summed E-state index contributed by atoms with van der Waals surface area (Å²) < 4.78 is 27.0. The summed E-state index contributed by atoms with van der Waals surface area (Å²) in [5.41, 5.74) is 1.33. The number of unbranched alkanes of at least 4 members (excludes halogenated alkanes) is 3. The van der Waals surface area contributed by atoms with Crippen molar-refractivity contribution in [2.24, 2.45) is 5.92 Å². The fourth-order valence-corrected chi connectivity index (χ4v) is 3.00. The van der Waals surface area contributed by atoms with Crippen LogP contribution in [0, 0.1) is 17.6 Å². The smallest absolute Gasteiger partial charge is 0.149 e. The molecular weight excluding hydrogens is 244 g/mol. The van der Waals surface area contributed by atoms with Crippen LogP contribution >= 0.6 is 0 Å². The molecule has 0 bridgehead atoms. The highest BCUT2D eigenvalue weighted by molar-refractivity contribution is 5.59. The molecule has 106 valence electrons. The molecule has 0 aliphatic carbocycles. The van der Waals surface area contributed by atoms with Crippen molar-refractivity contribution in [2.45, 2.75) is 51.9 Å². The molecule has 1 heterocycles. The van der Waals surface area contributed by atoms with Crippen LogP contribution < -0.4 is 5.32 Å². The van der Waals surface area contributed by atoms with E-state index in [-0.39, 0.29) is 5.92 Å². The molecular formula is C16H23F2N. The van der Waals surface area contributed by atoms with Crippen molar-refractivity contribution in [3.63, 3.8) is 0 Å². The lowest BCUT2D eigenvalue weighted by Crippen LogP contribution is -2.12. The van der Waals surface area contributed by atoms with Crippen LogP contribution in [-0.4, -0.2) is 6.54 Å². The third-order valence-corrected chi connectivity index (χ3v) is 4.18. The third-order valence-electron chi connectivity index (χ3n) is 4.18. The quantitative estimate of drug-likeness (QED) is 0.709. The predicted molar refractivity (Wildman–Crippen MR) is 75.5 cm³/mol. The zero-order valence-electron chi connectivity index (χ0n) is 11.8. The van der Waals surface area contributed by atoms with Gasteiger partial charge in [-0.2, -0.15) is 0 Å². The highest BCUT2D eigenvalue weighted by atomic mass is 19.1. The molecule has 0 saturated carbocycles. The Hall–Kier alpha value is -1.12. The van der Waals surface area contributed by atoms with Gasteiger partial charge in [0.1, 0.15) is 11.6 Å². The standard InChI is InChI=1S/C16H23F2N/c1-3-4-5-6-7-11(2)14-10-19-16-13(14)8-12(17)9-15(16)18/h8-9,11,14,19H,3-7,10H2,1-2H3. The van der Waals surface area contributed by atoms with E-state index in [1.54, 1.807) is 0 Å². The lowest BCUT2D eigenvalue weighted by atomic mass is 9.85.